The number of rotatable bonds is 1. The molecule has 0 aliphatic heterocycles. The molecule has 2 aromatic heterocycles. The van der Waals surface area contributed by atoms with Crippen molar-refractivity contribution in [1.29, 1.82) is 0 Å². The average molecular weight is 316 g/mol. The van der Waals surface area contributed by atoms with Gasteiger partial charge in [-0.2, -0.15) is 5.10 Å². The molecule has 0 spiro atoms. The topological polar surface area (TPSA) is 52.7 Å². The molecule has 2 heterocycles. The molecule has 78 valence electrons. The zero-order valence-corrected chi connectivity index (χ0v) is 10.5. The molecule has 0 aliphatic rings. The van der Waals surface area contributed by atoms with Gasteiger partial charge in [0.05, 0.1) is 11.9 Å². The van der Waals surface area contributed by atoms with E-state index in [1.165, 1.54) is 10.7 Å². The predicted octanol–water partition coefficient (Wildman–Crippen LogP) is 0.879. The summed E-state index contributed by atoms with van der Waals surface area (Å²) in [7, 11) is 1.62. The van der Waals surface area contributed by atoms with E-state index in [1.807, 2.05) is 17.7 Å². The first-order chi connectivity index (χ1) is 7.08. The summed E-state index contributed by atoms with van der Waals surface area (Å²) in [6.45, 7) is 1.89. The summed E-state index contributed by atoms with van der Waals surface area (Å²) in [6.07, 6.45) is 3.51. The number of nitrogens with zero attached hydrogens (tertiary/aromatic N) is 4. The van der Waals surface area contributed by atoms with E-state index >= 15 is 0 Å². The third kappa shape index (κ3) is 1.94. The predicted molar refractivity (Wildman–Crippen MR) is 64.1 cm³/mol. The smallest absolute Gasteiger partial charge is 0.268 e. The number of hydrogen-bond acceptors (Lipinski definition) is 3. The van der Waals surface area contributed by atoms with E-state index in [9.17, 15) is 4.79 Å². The van der Waals surface area contributed by atoms with Crippen LogP contribution in [0.25, 0.3) is 5.69 Å². The van der Waals surface area contributed by atoms with Crippen molar-refractivity contribution in [2.24, 2.45) is 7.05 Å². The van der Waals surface area contributed by atoms with Crippen molar-refractivity contribution in [3.63, 3.8) is 0 Å². The van der Waals surface area contributed by atoms with Crippen LogP contribution >= 0.6 is 22.6 Å². The summed E-state index contributed by atoms with van der Waals surface area (Å²) in [5.41, 5.74) is 0.613. The standard InChI is InChI=1S/C9H9IN4O/c1-6-12-8(10)5-14(6)7-3-9(15)13(2)11-4-7/h3-5H,1-2H3. The van der Waals surface area contributed by atoms with Gasteiger partial charge >= 0.3 is 0 Å². The highest BCUT2D eigenvalue weighted by molar-refractivity contribution is 14.1. The molecule has 15 heavy (non-hydrogen) atoms. The van der Waals surface area contributed by atoms with Gasteiger partial charge in [-0.15, -0.1) is 0 Å². The zero-order valence-electron chi connectivity index (χ0n) is 8.31. The van der Waals surface area contributed by atoms with Crippen LogP contribution in [0.5, 0.6) is 0 Å². The van der Waals surface area contributed by atoms with Crippen molar-refractivity contribution in [2.75, 3.05) is 0 Å². The molecule has 0 bridgehead atoms. The Labute approximate surface area is 99.9 Å². The molecule has 0 fully saturated rings. The van der Waals surface area contributed by atoms with E-state index in [4.69, 9.17) is 0 Å². The minimum Gasteiger partial charge on any atom is -0.301 e. The Morgan fingerprint density at radius 3 is 2.73 bits per heavy atom. The van der Waals surface area contributed by atoms with Gasteiger partial charge < -0.3 is 4.57 Å². The fourth-order valence-corrected chi connectivity index (χ4v) is 1.92. The Bertz CT molecular complexity index is 557. The normalized spacial score (nSPS) is 10.6. The molecular formula is C9H9IN4O. The van der Waals surface area contributed by atoms with Gasteiger partial charge in [-0.25, -0.2) is 9.67 Å². The highest BCUT2D eigenvalue weighted by atomic mass is 127. The lowest BCUT2D eigenvalue weighted by molar-refractivity contribution is 0.701. The van der Waals surface area contributed by atoms with Crippen molar-refractivity contribution in [3.8, 4) is 5.69 Å². The summed E-state index contributed by atoms with van der Waals surface area (Å²) in [5, 5.41) is 3.96. The van der Waals surface area contributed by atoms with Crippen molar-refractivity contribution in [1.82, 2.24) is 19.3 Å². The first-order valence-electron chi connectivity index (χ1n) is 4.33. The van der Waals surface area contributed by atoms with Gasteiger partial charge in [0.1, 0.15) is 9.53 Å². The number of halogens is 1. The van der Waals surface area contributed by atoms with Gasteiger partial charge in [0, 0.05) is 19.3 Å². The van der Waals surface area contributed by atoms with Crippen LogP contribution in [-0.4, -0.2) is 19.3 Å². The van der Waals surface area contributed by atoms with Gasteiger partial charge in [0.25, 0.3) is 5.56 Å². The van der Waals surface area contributed by atoms with Crippen LogP contribution in [0, 0.1) is 10.6 Å². The lowest BCUT2D eigenvalue weighted by Crippen LogP contribution is -2.19. The van der Waals surface area contributed by atoms with Crippen molar-refractivity contribution in [2.45, 2.75) is 6.92 Å². The van der Waals surface area contributed by atoms with Crippen LogP contribution in [0.2, 0.25) is 0 Å². The molecule has 2 aromatic rings. The van der Waals surface area contributed by atoms with E-state index in [2.05, 4.69) is 32.7 Å². The van der Waals surface area contributed by atoms with Crippen LogP contribution in [-0.2, 0) is 7.05 Å². The molecule has 6 heteroatoms. The highest BCUT2D eigenvalue weighted by Crippen LogP contribution is 2.10. The molecular weight excluding hydrogens is 307 g/mol. The second kappa shape index (κ2) is 3.76. The summed E-state index contributed by atoms with van der Waals surface area (Å²) >= 11 is 2.13. The van der Waals surface area contributed by atoms with Crippen LogP contribution in [0.15, 0.2) is 23.3 Å². The van der Waals surface area contributed by atoms with Crippen LogP contribution < -0.4 is 5.56 Å². The fourth-order valence-electron chi connectivity index (χ4n) is 1.29. The maximum atomic E-state index is 11.4. The minimum absolute atomic E-state index is 0.129. The SMILES string of the molecule is Cc1nc(I)cn1-c1cnn(C)c(=O)c1. The maximum absolute atomic E-state index is 11.4. The van der Waals surface area contributed by atoms with Gasteiger partial charge in [-0.05, 0) is 29.5 Å². The lowest BCUT2D eigenvalue weighted by Gasteiger charge is -2.03. The first kappa shape index (κ1) is 10.3. The second-order valence-electron chi connectivity index (χ2n) is 3.16. The minimum atomic E-state index is -0.129. The third-order valence-corrected chi connectivity index (χ3v) is 2.60. The zero-order chi connectivity index (χ0) is 11.0. The Morgan fingerprint density at radius 2 is 2.20 bits per heavy atom. The van der Waals surface area contributed by atoms with E-state index in [-0.39, 0.29) is 5.56 Å². The van der Waals surface area contributed by atoms with Gasteiger partial charge in [-0.1, -0.05) is 0 Å². The van der Waals surface area contributed by atoms with E-state index in [0.717, 1.165) is 15.2 Å². The second-order valence-corrected chi connectivity index (χ2v) is 4.26. The molecule has 0 atom stereocenters. The number of imidazole rings is 1. The Hall–Kier alpha value is -1.18. The number of aryl methyl sites for hydroxylation is 2. The van der Waals surface area contributed by atoms with Crippen LogP contribution in [0.1, 0.15) is 5.82 Å². The van der Waals surface area contributed by atoms with Gasteiger partial charge in [0.15, 0.2) is 0 Å². The maximum Gasteiger partial charge on any atom is 0.268 e. The largest absolute Gasteiger partial charge is 0.301 e. The molecule has 0 N–H and O–H groups in total. The summed E-state index contributed by atoms with van der Waals surface area (Å²) < 4.78 is 4.03. The Morgan fingerprint density at radius 1 is 1.47 bits per heavy atom. The summed E-state index contributed by atoms with van der Waals surface area (Å²) in [5.74, 6) is 0.842. The monoisotopic (exact) mass is 316 g/mol. The molecule has 0 aromatic carbocycles. The highest BCUT2D eigenvalue weighted by Gasteiger charge is 2.05. The Kier molecular flexibility index (Phi) is 2.59. The van der Waals surface area contributed by atoms with Crippen molar-refractivity contribution >= 4 is 22.6 Å². The van der Waals surface area contributed by atoms with E-state index in [1.54, 1.807) is 13.2 Å². The molecule has 0 radical (unpaired) electrons. The lowest BCUT2D eigenvalue weighted by atomic mass is 10.4. The van der Waals surface area contributed by atoms with E-state index < -0.39 is 0 Å². The molecule has 0 saturated heterocycles. The van der Waals surface area contributed by atoms with Gasteiger partial charge in [0.2, 0.25) is 0 Å². The van der Waals surface area contributed by atoms with Crippen LogP contribution in [0.3, 0.4) is 0 Å². The van der Waals surface area contributed by atoms with Crippen LogP contribution in [0.4, 0.5) is 0 Å². The Balaban J connectivity index is 2.59. The molecule has 0 aliphatic carbocycles. The molecule has 0 unspecified atom stereocenters. The molecule has 0 saturated carbocycles. The molecule has 0 amide bonds. The first-order valence-corrected chi connectivity index (χ1v) is 5.41. The quantitative estimate of drug-likeness (QED) is 0.734. The van der Waals surface area contributed by atoms with Crippen molar-refractivity contribution in [3.05, 3.63) is 38.3 Å². The summed E-state index contributed by atoms with van der Waals surface area (Å²) in [6, 6.07) is 1.54. The summed E-state index contributed by atoms with van der Waals surface area (Å²) in [4.78, 5) is 15.6. The fraction of sp³-hybridized carbons (Fsp3) is 0.222. The number of aromatic nitrogens is 4. The molecule has 2 rings (SSSR count). The van der Waals surface area contributed by atoms with Gasteiger partial charge in [-0.3, -0.25) is 4.79 Å². The van der Waals surface area contributed by atoms with Crippen molar-refractivity contribution < 1.29 is 0 Å². The molecule has 5 nitrogen and oxygen atoms in total. The third-order valence-electron chi connectivity index (χ3n) is 2.08. The number of hydrogen-bond donors (Lipinski definition) is 0. The van der Waals surface area contributed by atoms with E-state index in [0.29, 0.717) is 0 Å². The average Bonchev–Trinajstić information content (AvgIpc) is 2.50.